The number of pyridine rings is 1. The highest BCUT2D eigenvalue weighted by molar-refractivity contribution is 5.94. The number of aromatic nitrogens is 1. The van der Waals surface area contributed by atoms with Gasteiger partial charge in [-0.1, -0.05) is 12.8 Å². The number of furan rings is 1. The first-order valence-corrected chi connectivity index (χ1v) is 8.82. The smallest absolute Gasteiger partial charge is 0.261 e. The van der Waals surface area contributed by atoms with Crippen LogP contribution in [0, 0.1) is 5.92 Å². The molecule has 3 heterocycles. The van der Waals surface area contributed by atoms with E-state index in [1.54, 1.807) is 30.5 Å². The van der Waals surface area contributed by atoms with Gasteiger partial charge in [0.05, 0.1) is 12.0 Å². The Morgan fingerprint density at radius 3 is 2.67 bits per heavy atom. The van der Waals surface area contributed by atoms with E-state index in [4.69, 9.17) is 4.42 Å². The normalized spacial score (nSPS) is 21.5. The Hall–Kier alpha value is -2.30. The molecule has 2 fully saturated rings. The molecule has 126 valence electrons. The van der Waals surface area contributed by atoms with Gasteiger partial charge in [0, 0.05) is 12.6 Å². The van der Waals surface area contributed by atoms with Crippen LogP contribution in [0.5, 0.6) is 0 Å². The standard InChI is InChI=1S/C19H22N2O3/c22-18-14(9-10-15(20-18)17-8-4-12-24-17)19(23)21-11-3-7-16(21)13-5-1-2-6-13/h4,8-10,12-13,16H,1-3,5-7,11H2,(H,20,22)/t16-/m1/s1. The molecule has 0 bridgehead atoms. The second-order valence-corrected chi connectivity index (χ2v) is 6.84. The van der Waals surface area contributed by atoms with Gasteiger partial charge in [0.2, 0.25) is 0 Å². The number of hydrogen-bond acceptors (Lipinski definition) is 3. The van der Waals surface area contributed by atoms with Crippen LogP contribution in [0.4, 0.5) is 0 Å². The molecule has 2 aromatic rings. The highest BCUT2D eigenvalue weighted by Gasteiger charge is 2.36. The van der Waals surface area contributed by atoms with E-state index in [0.717, 1.165) is 19.4 Å². The Morgan fingerprint density at radius 2 is 1.96 bits per heavy atom. The fourth-order valence-corrected chi connectivity index (χ4v) is 4.25. The molecule has 0 unspecified atom stereocenters. The van der Waals surface area contributed by atoms with E-state index < -0.39 is 0 Å². The number of nitrogens with zero attached hydrogens (tertiary/aromatic N) is 1. The zero-order chi connectivity index (χ0) is 16.5. The topological polar surface area (TPSA) is 66.3 Å². The first-order chi connectivity index (χ1) is 11.7. The summed E-state index contributed by atoms with van der Waals surface area (Å²) in [7, 11) is 0. The Labute approximate surface area is 140 Å². The van der Waals surface area contributed by atoms with E-state index in [1.165, 1.54) is 25.7 Å². The summed E-state index contributed by atoms with van der Waals surface area (Å²) in [4.78, 5) is 30.0. The average Bonchev–Trinajstić information content (AvgIpc) is 3.35. The van der Waals surface area contributed by atoms with E-state index in [1.807, 2.05) is 4.90 Å². The summed E-state index contributed by atoms with van der Waals surface area (Å²) in [5.74, 6) is 1.07. The van der Waals surface area contributed by atoms with Gasteiger partial charge in [-0.3, -0.25) is 9.59 Å². The Morgan fingerprint density at radius 1 is 1.12 bits per heavy atom. The molecule has 2 aliphatic rings. The summed E-state index contributed by atoms with van der Waals surface area (Å²) in [6.45, 7) is 0.763. The lowest BCUT2D eigenvalue weighted by atomic mass is 9.95. The molecule has 2 aromatic heterocycles. The van der Waals surface area contributed by atoms with E-state index in [0.29, 0.717) is 23.4 Å². The lowest BCUT2D eigenvalue weighted by Gasteiger charge is -2.29. The quantitative estimate of drug-likeness (QED) is 0.939. The van der Waals surface area contributed by atoms with Gasteiger partial charge in [0.1, 0.15) is 11.3 Å². The molecule has 0 spiro atoms. The van der Waals surface area contributed by atoms with Gasteiger partial charge in [-0.25, -0.2) is 0 Å². The van der Waals surface area contributed by atoms with Gasteiger partial charge in [0.15, 0.2) is 0 Å². The van der Waals surface area contributed by atoms with Crippen LogP contribution >= 0.6 is 0 Å². The number of rotatable bonds is 3. The van der Waals surface area contributed by atoms with Gasteiger partial charge >= 0.3 is 0 Å². The number of likely N-dealkylation sites (tertiary alicyclic amines) is 1. The van der Waals surface area contributed by atoms with E-state index in [2.05, 4.69) is 4.98 Å². The third-order valence-corrected chi connectivity index (χ3v) is 5.43. The zero-order valence-corrected chi connectivity index (χ0v) is 13.7. The molecule has 1 atom stereocenters. The SMILES string of the molecule is O=C(c1ccc(-c2ccco2)[nH]c1=O)N1CCC[C@@H]1C1CCCC1. The van der Waals surface area contributed by atoms with Crippen LogP contribution < -0.4 is 5.56 Å². The maximum absolute atomic E-state index is 12.9. The van der Waals surface area contributed by atoms with Crippen LogP contribution in [0.2, 0.25) is 0 Å². The summed E-state index contributed by atoms with van der Waals surface area (Å²) < 4.78 is 5.29. The third kappa shape index (κ3) is 2.68. The van der Waals surface area contributed by atoms with Crippen LogP contribution in [-0.2, 0) is 0 Å². The number of carbonyl (C=O) groups is 1. The number of nitrogens with one attached hydrogen (secondary N) is 1. The van der Waals surface area contributed by atoms with Crippen molar-refractivity contribution >= 4 is 5.91 Å². The molecule has 0 radical (unpaired) electrons. The predicted molar refractivity (Wildman–Crippen MR) is 90.8 cm³/mol. The van der Waals surface area contributed by atoms with Crippen LogP contribution in [0.1, 0.15) is 48.9 Å². The largest absolute Gasteiger partial charge is 0.463 e. The summed E-state index contributed by atoms with van der Waals surface area (Å²) >= 11 is 0. The number of H-pyrrole nitrogens is 1. The highest BCUT2D eigenvalue weighted by Crippen LogP contribution is 2.35. The first kappa shape index (κ1) is 15.2. The molecular formula is C19H22N2O3. The summed E-state index contributed by atoms with van der Waals surface area (Å²) in [6.07, 6.45) is 8.62. The summed E-state index contributed by atoms with van der Waals surface area (Å²) in [5.41, 5.74) is 0.483. The van der Waals surface area contributed by atoms with Crippen LogP contribution in [0.15, 0.2) is 39.7 Å². The van der Waals surface area contributed by atoms with Crippen molar-refractivity contribution in [1.82, 2.24) is 9.88 Å². The molecule has 1 amide bonds. The molecule has 1 saturated carbocycles. The average molecular weight is 326 g/mol. The van der Waals surface area contributed by atoms with Crippen molar-refractivity contribution in [3.63, 3.8) is 0 Å². The first-order valence-electron chi connectivity index (χ1n) is 8.82. The molecule has 1 aliphatic carbocycles. The van der Waals surface area contributed by atoms with Crippen molar-refractivity contribution < 1.29 is 9.21 Å². The van der Waals surface area contributed by atoms with E-state index in [-0.39, 0.29) is 17.0 Å². The van der Waals surface area contributed by atoms with Crippen molar-refractivity contribution in [3.8, 4) is 11.5 Å². The summed E-state index contributed by atoms with van der Waals surface area (Å²) in [6, 6.07) is 7.23. The lowest BCUT2D eigenvalue weighted by molar-refractivity contribution is 0.0687. The highest BCUT2D eigenvalue weighted by atomic mass is 16.3. The van der Waals surface area contributed by atoms with Crippen molar-refractivity contribution in [3.05, 3.63) is 46.4 Å². The Bertz CT molecular complexity index is 772. The number of amides is 1. The zero-order valence-electron chi connectivity index (χ0n) is 13.7. The molecular weight excluding hydrogens is 304 g/mol. The minimum Gasteiger partial charge on any atom is -0.463 e. The summed E-state index contributed by atoms with van der Waals surface area (Å²) in [5, 5.41) is 0. The maximum atomic E-state index is 12.9. The number of aromatic amines is 1. The van der Waals surface area contributed by atoms with Crippen LogP contribution in [0.3, 0.4) is 0 Å². The van der Waals surface area contributed by atoms with Crippen molar-refractivity contribution in [2.45, 2.75) is 44.6 Å². The lowest BCUT2D eigenvalue weighted by Crippen LogP contribution is -2.41. The van der Waals surface area contributed by atoms with Gasteiger partial charge in [0.25, 0.3) is 11.5 Å². The molecule has 24 heavy (non-hydrogen) atoms. The second kappa shape index (κ2) is 6.30. The van der Waals surface area contributed by atoms with Crippen molar-refractivity contribution in [1.29, 1.82) is 0 Å². The molecule has 1 N–H and O–H groups in total. The maximum Gasteiger partial charge on any atom is 0.261 e. The van der Waals surface area contributed by atoms with E-state index >= 15 is 0 Å². The van der Waals surface area contributed by atoms with Crippen molar-refractivity contribution in [2.24, 2.45) is 5.92 Å². The predicted octanol–water partition coefficient (Wildman–Crippen LogP) is 3.43. The fraction of sp³-hybridized carbons (Fsp3) is 0.474. The van der Waals surface area contributed by atoms with Gasteiger partial charge < -0.3 is 14.3 Å². The van der Waals surface area contributed by atoms with Gasteiger partial charge in [-0.2, -0.15) is 0 Å². The van der Waals surface area contributed by atoms with Gasteiger partial charge in [-0.05, 0) is 55.9 Å². The van der Waals surface area contributed by atoms with Gasteiger partial charge in [-0.15, -0.1) is 0 Å². The Kier molecular flexibility index (Phi) is 4.00. The number of hydrogen-bond donors (Lipinski definition) is 1. The minimum absolute atomic E-state index is 0.128. The Balaban J connectivity index is 1.58. The molecule has 5 heteroatoms. The molecule has 1 aliphatic heterocycles. The molecule has 0 aromatic carbocycles. The molecule has 4 rings (SSSR count). The number of carbonyl (C=O) groups excluding carboxylic acids is 1. The molecule has 1 saturated heterocycles. The van der Waals surface area contributed by atoms with Crippen LogP contribution in [-0.4, -0.2) is 28.4 Å². The second-order valence-electron chi connectivity index (χ2n) is 6.84. The minimum atomic E-state index is -0.342. The molecule has 5 nitrogen and oxygen atoms in total. The third-order valence-electron chi connectivity index (χ3n) is 5.43. The van der Waals surface area contributed by atoms with Crippen LogP contribution in [0.25, 0.3) is 11.5 Å². The monoisotopic (exact) mass is 326 g/mol. The fourth-order valence-electron chi connectivity index (χ4n) is 4.25. The van der Waals surface area contributed by atoms with Crippen molar-refractivity contribution in [2.75, 3.05) is 6.54 Å². The van der Waals surface area contributed by atoms with E-state index in [9.17, 15) is 9.59 Å².